The van der Waals surface area contributed by atoms with Gasteiger partial charge in [0.05, 0.1) is 13.2 Å². The molecule has 0 spiro atoms. The van der Waals surface area contributed by atoms with E-state index in [0.29, 0.717) is 11.0 Å². The van der Waals surface area contributed by atoms with Gasteiger partial charge in [0.2, 0.25) is 5.91 Å². The predicted molar refractivity (Wildman–Crippen MR) is 106 cm³/mol. The van der Waals surface area contributed by atoms with Crippen molar-refractivity contribution in [3.63, 3.8) is 0 Å². The summed E-state index contributed by atoms with van der Waals surface area (Å²) < 4.78 is 10.9. The molecule has 1 aromatic carbocycles. The lowest BCUT2D eigenvalue weighted by molar-refractivity contribution is -0.115. The van der Waals surface area contributed by atoms with Crippen molar-refractivity contribution in [2.45, 2.75) is 31.8 Å². The highest BCUT2D eigenvalue weighted by atomic mass is 32.1. The number of hydrogen-bond donors (Lipinski definition) is 1. The molecule has 0 radical (unpaired) electrons. The van der Waals surface area contributed by atoms with Crippen LogP contribution in [0.3, 0.4) is 0 Å². The molecule has 1 aromatic rings. The molecule has 1 aliphatic carbocycles. The monoisotopic (exact) mass is 374 g/mol. The van der Waals surface area contributed by atoms with Crippen LogP contribution in [0.1, 0.15) is 31.2 Å². The number of amides is 1. The van der Waals surface area contributed by atoms with Crippen LogP contribution in [0.5, 0.6) is 5.75 Å². The number of carbonyl (C=O) groups is 1. The average Bonchev–Trinajstić information content (AvgIpc) is 3.32. The summed E-state index contributed by atoms with van der Waals surface area (Å²) in [6.45, 7) is 2.49. The Morgan fingerprint density at radius 3 is 2.69 bits per heavy atom. The van der Waals surface area contributed by atoms with Gasteiger partial charge in [-0.25, -0.2) is 0 Å². The highest BCUT2D eigenvalue weighted by Gasteiger charge is 2.28. The first-order chi connectivity index (χ1) is 12.6. The summed E-state index contributed by atoms with van der Waals surface area (Å²) in [5.41, 5.74) is 0.932. The molecule has 1 saturated carbocycles. The summed E-state index contributed by atoms with van der Waals surface area (Å²) in [6.07, 6.45) is 8.16. The van der Waals surface area contributed by atoms with E-state index in [2.05, 4.69) is 10.2 Å². The van der Waals surface area contributed by atoms with E-state index in [1.54, 1.807) is 13.2 Å². The smallest absolute Gasteiger partial charge is 0.250 e. The Hall–Kier alpha value is -1.92. The lowest BCUT2D eigenvalue weighted by Crippen LogP contribution is -2.46. The number of benzene rings is 1. The van der Waals surface area contributed by atoms with Crippen LogP contribution in [-0.4, -0.2) is 48.8 Å². The Kier molecular flexibility index (Phi) is 6.63. The first kappa shape index (κ1) is 18.9. The number of ether oxygens (including phenoxy) is 2. The van der Waals surface area contributed by atoms with Crippen LogP contribution in [-0.2, 0) is 9.53 Å². The molecule has 3 rings (SSSR count). The zero-order chi connectivity index (χ0) is 18.4. The second-order valence-electron chi connectivity index (χ2n) is 6.88. The largest absolute Gasteiger partial charge is 0.497 e. The van der Waals surface area contributed by atoms with E-state index in [-0.39, 0.29) is 12.0 Å². The highest BCUT2D eigenvalue weighted by molar-refractivity contribution is 7.80. The highest BCUT2D eigenvalue weighted by Crippen LogP contribution is 2.30. The minimum Gasteiger partial charge on any atom is -0.497 e. The molecule has 2 fully saturated rings. The summed E-state index contributed by atoms with van der Waals surface area (Å²) in [6, 6.07) is 7.53. The zero-order valence-corrected chi connectivity index (χ0v) is 16.0. The number of rotatable bonds is 7. The van der Waals surface area contributed by atoms with E-state index in [1.807, 2.05) is 24.3 Å². The van der Waals surface area contributed by atoms with Gasteiger partial charge >= 0.3 is 0 Å². The van der Waals surface area contributed by atoms with Crippen LogP contribution >= 0.6 is 12.2 Å². The number of hydrogen-bond acceptors (Lipinski definition) is 4. The average molecular weight is 375 g/mol. The quantitative estimate of drug-likeness (QED) is 0.587. The van der Waals surface area contributed by atoms with Crippen molar-refractivity contribution in [2.75, 3.05) is 26.8 Å². The second kappa shape index (κ2) is 9.14. The van der Waals surface area contributed by atoms with E-state index in [0.717, 1.165) is 43.9 Å². The normalized spacial score (nSPS) is 19.5. The fraction of sp³-hybridized carbons (Fsp3) is 0.500. The van der Waals surface area contributed by atoms with Crippen molar-refractivity contribution in [2.24, 2.45) is 5.92 Å². The van der Waals surface area contributed by atoms with Crippen LogP contribution in [0.2, 0.25) is 0 Å². The molecule has 0 bridgehead atoms. The number of nitrogens with zero attached hydrogens (tertiary/aromatic N) is 1. The first-order valence-corrected chi connectivity index (χ1v) is 9.58. The molecule has 6 heteroatoms. The van der Waals surface area contributed by atoms with Crippen molar-refractivity contribution in [3.8, 4) is 5.75 Å². The van der Waals surface area contributed by atoms with Gasteiger partial charge in [0.15, 0.2) is 5.11 Å². The third kappa shape index (κ3) is 5.81. The van der Waals surface area contributed by atoms with Gasteiger partial charge in [-0.1, -0.05) is 12.1 Å². The Labute approximate surface area is 160 Å². The molecule has 26 heavy (non-hydrogen) atoms. The predicted octanol–water partition coefficient (Wildman–Crippen LogP) is 3.00. The van der Waals surface area contributed by atoms with Crippen LogP contribution in [0.25, 0.3) is 6.08 Å². The summed E-state index contributed by atoms with van der Waals surface area (Å²) in [7, 11) is 1.63. The first-order valence-electron chi connectivity index (χ1n) is 9.17. The lowest BCUT2D eigenvalue weighted by atomic mass is 10.2. The molecule has 1 saturated heterocycles. The Morgan fingerprint density at radius 1 is 1.31 bits per heavy atom. The van der Waals surface area contributed by atoms with Crippen LogP contribution in [0, 0.1) is 5.92 Å². The van der Waals surface area contributed by atoms with Gasteiger partial charge in [0.1, 0.15) is 5.75 Å². The van der Waals surface area contributed by atoms with Crippen molar-refractivity contribution in [3.05, 3.63) is 35.9 Å². The van der Waals surface area contributed by atoms with Gasteiger partial charge in [-0.2, -0.15) is 0 Å². The summed E-state index contributed by atoms with van der Waals surface area (Å²) >= 11 is 5.48. The minimum absolute atomic E-state index is 0.209. The lowest BCUT2D eigenvalue weighted by Gasteiger charge is -2.27. The third-order valence-electron chi connectivity index (χ3n) is 4.68. The topological polar surface area (TPSA) is 50.8 Å². The maximum absolute atomic E-state index is 12.2. The number of nitrogens with one attached hydrogen (secondary N) is 1. The molecule has 1 aliphatic heterocycles. The van der Waals surface area contributed by atoms with Gasteiger partial charge in [-0.05, 0) is 67.6 Å². The van der Waals surface area contributed by atoms with Gasteiger partial charge in [-0.15, -0.1) is 0 Å². The van der Waals surface area contributed by atoms with Crippen molar-refractivity contribution in [1.29, 1.82) is 0 Å². The van der Waals surface area contributed by atoms with E-state index < -0.39 is 0 Å². The van der Waals surface area contributed by atoms with Gasteiger partial charge in [0.25, 0.3) is 0 Å². The summed E-state index contributed by atoms with van der Waals surface area (Å²) in [5, 5.41) is 3.33. The maximum atomic E-state index is 12.2. The summed E-state index contributed by atoms with van der Waals surface area (Å²) in [5.74, 6) is 1.28. The van der Waals surface area contributed by atoms with E-state index in [4.69, 9.17) is 21.7 Å². The van der Waals surface area contributed by atoms with Crippen LogP contribution < -0.4 is 10.1 Å². The molecule has 1 amide bonds. The Balaban J connectivity index is 1.52. The van der Waals surface area contributed by atoms with E-state index >= 15 is 0 Å². The molecule has 140 valence electrons. The van der Waals surface area contributed by atoms with Gasteiger partial charge in [-0.3, -0.25) is 10.1 Å². The zero-order valence-electron chi connectivity index (χ0n) is 15.1. The summed E-state index contributed by atoms with van der Waals surface area (Å²) in [4.78, 5) is 14.3. The molecule has 1 atom stereocenters. The van der Waals surface area contributed by atoms with Crippen molar-refractivity contribution >= 4 is 29.3 Å². The number of thiocarbonyl (C=S) groups is 1. The molecule has 5 nitrogen and oxygen atoms in total. The molecular weight excluding hydrogens is 348 g/mol. The second-order valence-corrected chi connectivity index (χ2v) is 7.27. The van der Waals surface area contributed by atoms with Crippen LogP contribution in [0.15, 0.2) is 30.3 Å². The standard InChI is InChI=1S/C20H26N2O3S/c1-24-17-9-6-15(7-10-17)8-11-19(23)21-20(26)22(13-16-4-5-16)14-18-3-2-12-25-18/h6-11,16,18H,2-5,12-14H2,1H3,(H,21,23,26)/b11-8+. The molecule has 1 N–H and O–H groups in total. The number of methoxy groups -OCH3 is 1. The SMILES string of the molecule is COc1ccc(/C=C/C(=O)NC(=S)N(CC2CC2)CC2CCCO2)cc1. The van der Waals surface area contributed by atoms with Crippen molar-refractivity contribution < 1.29 is 14.3 Å². The van der Waals surface area contributed by atoms with Crippen molar-refractivity contribution in [1.82, 2.24) is 10.2 Å². The Bertz CT molecular complexity index is 650. The maximum Gasteiger partial charge on any atom is 0.250 e. The van der Waals surface area contributed by atoms with E-state index in [1.165, 1.54) is 18.9 Å². The number of carbonyl (C=O) groups excluding carboxylic acids is 1. The molecule has 0 aromatic heterocycles. The Morgan fingerprint density at radius 2 is 2.08 bits per heavy atom. The third-order valence-corrected chi connectivity index (χ3v) is 5.04. The molecular formula is C20H26N2O3S. The minimum atomic E-state index is -0.209. The molecule has 1 heterocycles. The molecule has 1 unspecified atom stereocenters. The fourth-order valence-electron chi connectivity index (χ4n) is 3.00. The molecule has 2 aliphatic rings. The van der Waals surface area contributed by atoms with Gasteiger partial charge in [0, 0.05) is 25.8 Å². The fourth-order valence-corrected chi connectivity index (χ4v) is 3.25. The van der Waals surface area contributed by atoms with E-state index in [9.17, 15) is 4.79 Å². The van der Waals surface area contributed by atoms with Gasteiger partial charge < -0.3 is 14.4 Å². The van der Waals surface area contributed by atoms with Crippen LogP contribution in [0.4, 0.5) is 0 Å².